The van der Waals surface area contributed by atoms with E-state index in [1.807, 2.05) is 13.0 Å². The van der Waals surface area contributed by atoms with Crippen molar-refractivity contribution in [3.05, 3.63) is 39.8 Å². The summed E-state index contributed by atoms with van der Waals surface area (Å²) >= 11 is 1.72. The molecule has 0 bridgehead atoms. The van der Waals surface area contributed by atoms with Gasteiger partial charge in [0.05, 0.1) is 12.7 Å². The summed E-state index contributed by atoms with van der Waals surface area (Å²) in [6.07, 6.45) is 3.17. The molecule has 0 aliphatic carbocycles. The first kappa shape index (κ1) is 11.3. The van der Waals surface area contributed by atoms with Gasteiger partial charge in [-0.25, -0.2) is 4.79 Å². The van der Waals surface area contributed by atoms with Crippen LogP contribution in [0.3, 0.4) is 0 Å². The number of carbonyl (C=O) groups excluding carboxylic acids is 1. The van der Waals surface area contributed by atoms with E-state index in [9.17, 15) is 4.79 Å². The molecule has 0 saturated heterocycles. The predicted molar refractivity (Wildman–Crippen MR) is 65.8 cm³/mol. The monoisotopic (exact) mass is 234 g/mol. The smallest absolute Gasteiger partial charge is 0.338 e. The quantitative estimate of drug-likeness (QED) is 0.697. The Morgan fingerprint density at radius 3 is 2.81 bits per heavy atom. The number of fused-ring (bicyclic) bond motifs is 1. The van der Waals surface area contributed by atoms with Gasteiger partial charge in [-0.05, 0) is 42.4 Å². The highest BCUT2D eigenvalue weighted by molar-refractivity contribution is 8.03. The van der Waals surface area contributed by atoms with E-state index >= 15 is 0 Å². The predicted octanol–water partition coefficient (Wildman–Crippen LogP) is 3.33. The summed E-state index contributed by atoms with van der Waals surface area (Å²) in [4.78, 5) is 14.0. The summed E-state index contributed by atoms with van der Waals surface area (Å²) in [6, 6.07) is 4.02. The van der Waals surface area contributed by atoms with Gasteiger partial charge in [-0.15, -0.1) is 0 Å². The normalized spacial score (nSPS) is 14.1. The minimum atomic E-state index is -0.256. The molecule has 0 N–H and O–H groups in total. The van der Waals surface area contributed by atoms with Crippen molar-refractivity contribution in [1.82, 2.24) is 0 Å². The van der Waals surface area contributed by atoms with Crippen molar-refractivity contribution in [3.63, 3.8) is 0 Å². The van der Waals surface area contributed by atoms with Crippen LogP contribution in [0.5, 0.6) is 0 Å². The molecule has 1 aliphatic heterocycles. The lowest BCUT2D eigenvalue weighted by atomic mass is 10.0. The fourth-order valence-electron chi connectivity index (χ4n) is 1.80. The number of aryl methyl sites for hydroxylation is 1. The highest BCUT2D eigenvalue weighted by atomic mass is 32.2. The third kappa shape index (κ3) is 2.00. The van der Waals surface area contributed by atoms with Crippen LogP contribution in [-0.2, 0) is 11.2 Å². The first-order valence-corrected chi connectivity index (χ1v) is 6.00. The Morgan fingerprint density at radius 1 is 1.38 bits per heavy atom. The van der Waals surface area contributed by atoms with Crippen LogP contribution >= 0.6 is 11.8 Å². The molecule has 0 fully saturated rings. The van der Waals surface area contributed by atoms with E-state index in [1.165, 1.54) is 22.5 Å². The van der Waals surface area contributed by atoms with Gasteiger partial charge >= 0.3 is 5.97 Å². The average molecular weight is 234 g/mol. The second kappa shape index (κ2) is 4.34. The number of thioether (sulfide) groups is 1. The molecule has 2 rings (SSSR count). The van der Waals surface area contributed by atoms with Gasteiger partial charge in [0.15, 0.2) is 0 Å². The molecule has 1 aromatic rings. The minimum Gasteiger partial charge on any atom is -0.465 e. The Balaban J connectivity index is 2.46. The number of carbonyl (C=O) groups is 1. The maximum absolute atomic E-state index is 11.6. The summed E-state index contributed by atoms with van der Waals surface area (Å²) < 4.78 is 4.77. The van der Waals surface area contributed by atoms with Crippen LogP contribution in [0.4, 0.5) is 0 Å². The molecule has 0 radical (unpaired) electrons. The van der Waals surface area contributed by atoms with Crippen LogP contribution in [0.2, 0.25) is 0 Å². The number of rotatable bonds is 1. The SMILES string of the molecule is COC(=O)c1cc2c(cc1C)CC=C(C)S2. The molecule has 84 valence electrons. The van der Waals surface area contributed by atoms with Crippen LogP contribution in [-0.4, -0.2) is 13.1 Å². The lowest BCUT2D eigenvalue weighted by molar-refractivity contribution is 0.0599. The van der Waals surface area contributed by atoms with Crippen LogP contribution < -0.4 is 0 Å². The van der Waals surface area contributed by atoms with Gasteiger partial charge in [-0.1, -0.05) is 23.9 Å². The van der Waals surface area contributed by atoms with Crippen molar-refractivity contribution in [2.75, 3.05) is 7.11 Å². The Kier molecular flexibility index (Phi) is 3.06. The second-order valence-electron chi connectivity index (χ2n) is 3.89. The first-order valence-electron chi connectivity index (χ1n) is 5.18. The maximum Gasteiger partial charge on any atom is 0.338 e. The van der Waals surface area contributed by atoms with Crippen LogP contribution in [0.15, 0.2) is 28.0 Å². The second-order valence-corrected chi connectivity index (χ2v) is 5.18. The van der Waals surface area contributed by atoms with Crippen molar-refractivity contribution in [2.45, 2.75) is 25.2 Å². The summed E-state index contributed by atoms with van der Waals surface area (Å²) in [5, 5.41) is 0. The molecule has 1 aromatic carbocycles. The van der Waals surface area contributed by atoms with E-state index in [1.54, 1.807) is 11.8 Å². The third-order valence-electron chi connectivity index (χ3n) is 2.69. The van der Waals surface area contributed by atoms with Gasteiger partial charge in [-0.3, -0.25) is 0 Å². The number of methoxy groups -OCH3 is 1. The number of ether oxygens (including phenoxy) is 1. The Bertz CT molecular complexity index is 475. The Hall–Kier alpha value is -1.22. The molecule has 0 saturated carbocycles. The standard InChI is InChI=1S/C13H14O2S/c1-8-6-10-5-4-9(2)16-12(10)7-11(8)13(14)15-3/h4,6-7H,5H2,1-3H3. The van der Waals surface area contributed by atoms with Crippen molar-refractivity contribution in [1.29, 1.82) is 0 Å². The maximum atomic E-state index is 11.6. The minimum absolute atomic E-state index is 0.256. The van der Waals surface area contributed by atoms with Crippen molar-refractivity contribution >= 4 is 17.7 Å². The third-order valence-corrected chi connectivity index (χ3v) is 3.78. The Morgan fingerprint density at radius 2 is 2.12 bits per heavy atom. The zero-order valence-electron chi connectivity index (χ0n) is 9.66. The number of hydrogen-bond acceptors (Lipinski definition) is 3. The van der Waals surface area contributed by atoms with Crippen LogP contribution in [0, 0.1) is 6.92 Å². The highest BCUT2D eigenvalue weighted by Gasteiger charge is 2.16. The van der Waals surface area contributed by atoms with Crippen molar-refractivity contribution in [2.24, 2.45) is 0 Å². The first-order chi connectivity index (χ1) is 7.61. The van der Waals surface area contributed by atoms with Crippen LogP contribution in [0.1, 0.15) is 28.4 Å². The molecule has 2 nitrogen and oxygen atoms in total. The van der Waals surface area contributed by atoms with Gasteiger partial charge in [0.1, 0.15) is 0 Å². The number of hydrogen-bond donors (Lipinski definition) is 0. The molecule has 1 heterocycles. The summed E-state index contributed by atoms with van der Waals surface area (Å²) in [7, 11) is 1.42. The van der Waals surface area contributed by atoms with E-state index in [4.69, 9.17) is 4.74 Å². The summed E-state index contributed by atoms with van der Waals surface area (Å²) in [5.74, 6) is -0.256. The van der Waals surface area contributed by atoms with E-state index < -0.39 is 0 Å². The lowest BCUT2D eigenvalue weighted by Crippen LogP contribution is -2.06. The Labute approximate surface area is 99.7 Å². The van der Waals surface area contributed by atoms with E-state index in [-0.39, 0.29) is 5.97 Å². The number of benzene rings is 1. The van der Waals surface area contributed by atoms with E-state index in [2.05, 4.69) is 19.1 Å². The van der Waals surface area contributed by atoms with Gasteiger partial charge in [0.2, 0.25) is 0 Å². The molecule has 3 heteroatoms. The van der Waals surface area contributed by atoms with Gasteiger partial charge in [-0.2, -0.15) is 0 Å². The van der Waals surface area contributed by atoms with Gasteiger partial charge < -0.3 is 4.74 Å². The van der Waals surface area contributed by atoms with Crippen LogP contribution in [0.25, 0.3) is 0 Å². The topological polar surface area (TPSA) is 26.3 Å². The largest absolute Gasteiger partial charge is 0.465 e. The van der Waals surface area contributed by atoms with Gasteiger partial charge in [0.25, 0.3) is 0 Å². The molecular weight excluding hydrogens is 220 g/mol. The zero-order valence-corrected chi connectivity index (χ0v) is 10.5. The molecule has 0 amide bonds. The highest BCUT2D eigenvalue weighted by Crippen LogP contribution is 2.36. The van der Waals surface area contributed by atoms with E-state index in [0.29, 0.717) is 5.56 Å². The summed E-state index contributed by atoms with van der Waals surface area (Å²) in [6.45, 7) is 4.04. The average Bonchev–Trinajstić information content (AvgIpc) is 2.28. The summed E-state index contributed by atoms with van der Waals surface area (Å²) in [5.41, 5.74) is 2.95. The molecule has 1 aliphatic rings. The van der Waals surface area contributed by atoms with Crippen molar-refractivity contribution in [3.8, 4) is 0 Å². The zero-order chi connectivity index (χ0) is 11.7. The molecule has 0 atom stereocenters. The fourth-order valence-corrected chi connectivity index (χ4v) is 2.76. The molecular formula is C13H14O2S. The molecule has 0 unspecified atom stereocenters. The van der Waals surface area contributed by atoms with Crippen molar-refractivity contribution < 1.29 is 9.53 Å². The van der Waals surface area contributed by atoms with E-state index in [0.717, 1.165) is 12.0 Å². The number of allylic oxidation sites excluding steroid dienone is 2. The number of esters is 1. The fraction of sp³-hybridized carbons (Fsp3) is 0.308. The molecule has 16 heavy (non-hydrogen) atoms. The molecule has 0 spiro atoms. The molecule has 0 aromatic heterocycles. The van der Waals surface area contributed by atoms with Gasteiger partial charge in [0, 0.05) is 4.90 Å². The lowest BCUT2D eigenvalue weighted by Gasteiger charge is -2.16.